The van der Waals surface area contributed by atoms with E-state index in [0.29, 0.717) is 5.82 Å². The largest absolute Gasteiger partial charge is 0.383 e. The van der Waals surface area contributed by atoms with Gasteiger partial charge in [-0.05, 0) is 47.5 Å². The van der Waals surface area contributed by atoms with E-state index in [0.717, 1.165) is 14.6 Å². The molecule has 1 aromatic heterocycles. The molecule has 90 valence electrons. The van der Waals surface area contributed by atoms with Crippen LogP contribution in [0.3, 0.4) is 0 Å². The molecule has 1 atom stereocenters. The molecule has 0 aliphatic heterocycles. The van der Waals surface area contributed by atoms with Crippen molar-refractivity contribution in [2.24, 2.45) is 0 Å². The summed E-state index contributed by atoms with van der Waals surface area (Å²) in [5, 5.41) is 4.44. The number of nitrogen functional groups attached to an aromatic ring is 1. The van der Waals surface area contributed by atoms with Crippen LogP contribution in [0.2, 0.25) is 0 Å². The van der Waals surface area contributed by atoms with Gasteiger partial charge in [0.25, 0.3) is 0 Å². The number of aryl methyl sites for hydroxylation is 1. The first-order chi connectivity index (χ1) is 8.00. The molecule has 0 fully saturated rings. The van der Waals surface area contributed by atoms with E-state index in [4.69, 9.17) is 5.73 Å². The Bertz CT molecular complexity index is 531. The van der Waals surface area contributed by atoms with E-state index in [1.807, 2.05) is 23.7 Å². The zero-order chi connectivity index (χ0) is 12.6. The van der Waals surface area contributed by atoms with Gasteiger partial charge in [0.05, 0.1) is 16.2 Å². The number of aromatic nitrogens is 2. The van der Waals surface area contributed by atoms with Gasteiger partial charge in [-0.15, -0.1) is 0 Å². The Balaban J connectivity index is 2.40. The van der Waals surface area contributed by atoms with E-state index in [-0.39, 0.29) is 6.04 Å². The van der Waals surface area contributed by atoms with E-state index in [2.05, 4.69) is 56.0 Å². The fourth-order valence-corrected chi connectivity index (χ4v) is 2.25. The fourth-order valence-electron chi connectivity index (χ4n) is 1.72. The number of halogens is 2. The van der Waals surface area contributed by atoms with Gasteiger partial charge in [0.15, 0.2) is 0 Å². The third-order valence-electron chi connectivity index (χ3n) is 2.77. The summed E-state index contributed by atoms with van der Waals surface area (Å²) in [6, 6.07) is 8.30. The molecule has 0 aliphatic carbocycles. The van der Waals surface area contributed by atoms with Crippen LogP contribution in [0.1, 0.15) is 24.2 Å². The summed E-state index contributed by atoms with van der Waals surface area (Å²) in [7, 11) is 0. The molecule has 3 nitrogen and oxygen atoms in total. The van der Waals surface area contributed by atoms with Crippen LogP contribution >= 0.6 is 31.9 Å². The minimum absolute atomic E-state index is 0.119. The van der Waals surface area contributed by atoms with E-state index in [1.165, 1.54) is 5.56 Å². The van der Waals surface area contributed by atoms with E-state index in [1.54, 1.807) is 0 Å². The van der Waals surface area contributed by atoms with E-state index < -0.39 is 0 Å². The highest BCUT2D eigenvalue weighted by molar-refractivity contribution is 9.10. The summed E-state index contributed by atoms with van der Waals surface area (Å²) in [5.74, 6) is 0.665. The number of benzene rings is 1. The fraction of sp³-hybridized carbons (Fsp3) is 0.250. The van der Waals surface area contributed by atoms with Gasteiger partial charge < -0.3 is 5.73 Å². The normalized spacial score (nSPS) is 12.7. The zero-order valence-corrected chi connectivity index (χ0v) is 12.8. The summed E-state index contributed by atoms with van der Waals surface area (Å²) < 4.78 is 3.78. The maximum absolute atomic E-state index is 6.02. The van der Waals surface area contributed by atoms with Crippen molar-refractivity contribution in [1.29, 1.82) is 0 Å². The van der Waals surface area contributed by atoms with Crippen molar-refractivity contribution in [3.05, 3.63) is 44.5 Å². The number of hydrogen-bond acceptors (Lipinski definition) is 2. The van der Waals surface area contributed by atoms with Crippen molar-refractivity contribution in [1.82, 2.24) is 9.78 Å². The van der Waals surface area contributed by atoms with E-state index in [9.17, 15) is 0 Å². The Morgan fingerprint density at radius 1 is 1.24 bits per heavy atom. The first-order valence-corrected chi connectivity index (χ1v) is 6.85. The summed E-state index contributed by atoms with van der Waals surface area (Å²) in [4.78, 5) is 0. The van der Waals surface area contributed by atoms with Crippen molar-refractivity contribution in [3.63, 3.8) is 0 Å². The van der Waals surface area contributed by atoms with Crippen molar-refractivity contribution < 1.29 is 0 Å². The van der Waals surface area contributed by atoms with Crippen LogP contribution in [0.15, 0.2) is 33.2 Å². The molecule has 2 N–H and O–H groups in total. The molecular weight excluding hydrogens is 346 g/mol. The molecule has 5 heteroatoms. The summed E-state index contributed by atoms with van der Waals surface area (Å²) >= 11 is 6.86. The molecule has 1 aromatic carbocycles. The maximum atomic E-state index is 6.02. The number of rotatable bonds is 2. The Labute approximate surface area is 117 Å². The van der Waals surface area contributed by atoms with Gasteiger partial charge in [-0.3, -0.25) is 0 Å². The molecule has 0 radical (unpaired) electrons. The lowest BCUT2D eigenvalue weighted by molar-refractivity contribution is 0.569. The Hall–Kier alpha value is -0.810. The smallest absolute Gasteiger partial charge is 0.137 e. The third-order valence-corrected chi connectivity index (χ3v) is 4.28. The molecule has 1 unspecified atom stereocenters. The monoisotopic (exact) mass is 357 g/mol. The molecule has 1 heterocycles. The maximum Gasteiger partial charge on any atom is 0.137 e. The lowest BCUT2D eigenvalue weighted by Gasteiger charge is -2.14. The average molecular weight is 359 g/mol. The minimum Gasteiger partial charge on any atom is -0.383 e. The predicted octanol–water partition coefficient (Wildman–Crippen LogP) is 3.91. The molecule has 0 saturated carbocycles. The van der Waals surface area contributed by atoms with E-state index >= 15 is 0 Å². The first-order valence-electron chi connectivity index (χ1n) is 5.26. The molecule has 0 aliphatic rings. The van der Waals surface area contributed by atoms with Crippen molar-refractivity contribution in [2.45, 2.75) is 19.9 Å². The van der Waals surface area contributed by atoms with Gasteiger partial charge in [-0.1, -0.05) is 28.1 Å². The first kappa shape index (κ1) is 12.6. The predicted molar refractivity (Wildman–Crippen MR) is 77.0 cm³/mol. The lowest BCUT2D eigenvalue weighted by atomic mass is 10.1. The van der Waals surface area contributed by atoms with Crippen LogP contribution in [0, 0.1) is 6.92 Å². The highest BCUT2D eigenvalue weighted by Crippen LogP contribution is 2.29. The minimum atomic E-state index is 0.119. The van der Waals surface area contributed by atoms with Crippen LogP contribution in [0.25, 0.3) is 0 Å². The van der Waals surface area contributed by atoms with Crippen LogP contribution in [-0.4, -0.2) is 9.78 Å². The standard InChI is InChI=1S/C12H13Br2N3/c1-7-11(14)12(15)17(16-7)8(2)9-3-5-10(13)6-4-9/h3-6,8H,15H2,1-2H3. The molecule has 0 bridgehead atoms. The van der Waals surface area contributed by atoms with Crippen molar-refractivity contribution in [2.75, 3.05) is 5.73 Å². The molecule has 2 rings (SSSR count). The second-order valence-corrected chi connectivity index (χ2v) is 5.67. The van der Waals surface area contributed by atoms with Crippen LogP contribution < -0.4 is 5.73 Å². The average Bonchev–Trinajstić information content (AvgIpc) is 2.57. The highest BCUT2D eigenvalue weighted by Gasteiger charge is 2.16. The molecule has 2 aromatic rings. The van der Waals surface area contributed by atoms with Gasteiger partial charge in [0, 0.05) is 4.47 Å². The summed E-state index contributed by atoms with van der Waals surface area (Å²) in [5.41, 5.74) is 8.10. The van der Waals surface area contributed by atoms with Gasteiger partial charge in [-0.25, -0.2) is 4.68 Å². The number of nitrogens with zero attached hydrogens (tertiary/aromatic N) is 2. The van der Waals surface area contributed by atoms with Crippen LogP contribution in [0.5, 0.6) is 0 Å². The summed E-state index contributed by atoms with van der Waals surface area (Å²) in [6.45, 7) is 4.02. The number of nitrogens with two attached hydrogens (primary N) is 1. The topological polar surface area (TPSA) is 43.8 Å². The van der Waals surface area contributed by atoms with Crippen LogP contribution in [0.4, 0.5) is 5.82 Å². The van der Waals surface area contributed by atoms with Crippen molar-refractivity contribution >= 4 is 37.7 Å². The number of anilines is 1. The highest BCUT2D eigenvalue weighted by atomic mass is 79.9. The van der Waals surface area contributed by atoms with Gasteiger partial charge in [0.2, 0.25) is 0 Å². The molecule has 0 saturated heterocycles. The SMILES string of the molecule is Cc1nn(C(C)c2ccc(Br)cc2)c(N)c1Br. The lowest BCUT2D eigenvalue weighted by Crippen LogP contribution is -2.11. The summed E-state index contributed by atoms with van der Waals surface area (Å²) in [6.07, 6.45) is 0. The second-order valence-electron chi connectivity index (χ2n) is 3.96. The Morgan fingerprint density at radius 2 is 1.82 bits per heavy atom. The third kappa shape index (κ3) is 2.40. The van der Waals surface area contributed by atoms with Crippen molar-refractivity contribution in [3.8, 4) is 0 Å². The second kappa shape index (κ2) is 4.82. The Kier molecular flexibility index (Phi) is 3.58. The van der Waals surface area contributed by atoms with Gasteiger partial charge >= 0.3 is 0 Å². The molecule has 17 heavy (non-hydrogen) atoms. The number of hydrogen-bond donors (Lipinski definition) is 1. The van der Waals surface area contributed by atoms with Gasteiger partial charge in [-0.2, -0.15) is 5.10 Å². The quantitative estimate of drug-likeness (QED) is 0.884. The van der Waals surface area contributed by atoms with Gasteiger partial charge in [0.1, 0.15) is 5.82 Å². The Morgan fingerprint density at radius 3 is 2.29 bits per heavy atom. The molecule has 0 spiro atoms. The van der Waals surface area contributed by atoms with Crippen LogP contribution in [-0.2, 0) is 0 Å². The zero-order valence-electron chi connectivity index (χ0n) is 9.61. The molecular formula is C12H13Br2N3. The molecule has 0 amide bonds.